The lowest BCUT2D eigenvalue weighted by Crippen LogP contribution is -2.31. The first-order valence-corrected chi connectivity index (χ1v) is 11.3. The van der Waals surface area contributed by atoms with Gasteiger partial charge in [-0.05, 0) is 36.8 Å². The summed E-state index contributed by atoms with van der Waals surface area (Å²) in [6.07, 6.45) is 2.40. The maximum atomic E-state index is 12.7. The molecule has 7 heteroatoms. The van der Waals surface area contributed by atoms with E-state index < -0.39 is 0 Å². The largest absolute Gasteiger partial charge is 0.328 e. The second kappa shape index (κ2) is 7.22. The molecule has 5 rings (SSSR count). The predicted octanol–water partition coefficient (Wildman–Crippen LogP) is 4.96. The normalized spacial score (nSPS) is 18.6. The molecule has 28 heavy (non-hydrogen) atoms. The molecule has 0 amide bonds. The third-order valence-electron chi connectivity index (χ3n) is 5.11. The number of nitrogens with one attached hydrogen (secondary N) is 1. The summed E-state index contributed by atoms with van der Waals surface area (Å²) in [6.45, 7) is 2.10. The summed E-state index contributed by atoms with van der Waals surface area (Å²) in [6, 6.07) is 12.4. The number of nitrogens with zero attached hydrogens (tertiary/aromatic N) is 3. The summed E-state index contributed by atoms with van der Waals surface area (Å²) in [5, 5.41) is 11.0. The fourth-order valence-corrected chi connectivity index (χ4v) is 5.45. The van der Waals surface area contributed by atoms with Crippen LogP contribution in [0.15, 0.2) is 58.2 Å². The van der Waals surface area contributed by atoms with Crippen LogP contribution in [0.1, 0.15) is 41.3 Å². The predicted molar refractivity (Wildman–Crippen MR) is 113 cm³/mol. The van der Waals surface area contributed by atoms with E-state index in [0.29, 0.717) is 6.42 Å². The Bertz CT molecular complexity index is 1070. The molecule has 0 radical (unpaired) electrons. The average molecular weight is 409 g/mol. The van der Waals surface area contributed by atoms with Crippen molar-refractivity contribution in [3.63, 3.8) is 0 Å². The molecule has 0 saturated heterocycles. The van der Waals surface area contributed by atoms with Gasteiger partial charge in [0.05, 0.1) is 0 Å². The first kappa shape index (κ1) is 17.7. The number of aryl methyl sites for hydroxylation is 1. The Labute approximate surface area is 171 Å². The third kappa shape index (κ3) is 3.18. The van der Waals surface area contributed by atoms with Gasteiger partial charge in [-0.2, -0.15) is 4.98 Å². The Morgan fingerprint density at radius 1 is 1.29 bits per heavy atom. The van der Waals surface area contributed by atoms with E-state index in [9.17, 15) is 4.79 Å². The summed E-state index contributed by atoms with van der Waals surface area (Å²) >= 11 is 3.29. The fraction of sp³-hybridized carbons (Fsp3) is 0.286. The summed E-state index contributed by atoms with van der Waals surface area (Å²) in [4.78, 5) is 18.6. The number of hydrogen-bond acceptors (Lipinski definition) is 6. The standard InChI is InChI=1S/C21H20N4OS2/c1-13-5-2-6-14(11-13)12-28-21-23-20-22-15-7-3-8-16(26)18(15)19(25(20)24-21)17-9-4-10-27-17/h2,4-6,9-11,19H,3,7-8,12H2,1H3,(H,22,23,24)/t19-/m1/s1. The zero-order valence-corrected chi connectivity index (χ0v) is 17.1. The van der Waals surface area contributed by atoms with Crippen LogP contribution in [-0.2, 0) is 10.5 Å². The summed E-state index contributed by atoms with van der Waals surface area (Å²) in [7, 11) is 0. The van der Waals surface area contributed by atoms with Gasteiger partial charge in [-0.1, -0.05) is 47.7 Å². The lowest BCUT2D eigenvalue weighted by Gasteiger charge is -2.31. The van der Waals surface area contributed by atoms with Crippen LogP contribution in [-0.4, -0.2) is 20.5 Å². The van der Waals surface area contributed by atoms with Gasteiger partial charge >= 0.3 is 0 Å². The molecule has 1 aliphatic carbocycles. The molecular weight excluding hydrogens is 388 g/mol. The number of carbonyl (C=O) groups is 1. The van der Waals surface area contributed by atoms with Gasteiger partial charge in [0, 0.05) is 28.3 Å². The van der Waals surface area contributed by atoms with Crippen LogP contribution >= 0.6 is 23.1 Å². The molecule has 0 unspecified atom stereocenters. The van der Waals surface area contributed by atoms with Crippen molar-refractivity contribution in [1.29, 1.82) is 0 Å². The van der Waals surface area contributed by atoms with Crippen molar-refractivity contribution in [2.24, 2.45) is 0 Å². The third-order valence-corrected chi connectivity index (χ3v) is 6.95. The minimum absolute atomic E-state index is 0.167. The van der Waals surface area contributed by atoms with Crippen molar-refractivity contribution in [3.8, 4) is 0 Å². The zero-order chi connectivity index (χ0) is 19.1. The Kier molecular flexibility index (Phi) is 4.56. The van der Waals surface area contributed by atoms with Gasteiger partial charge in [0.2, 0.25) is 11.1 Å². The lowest BCUT2D eigenvalue weighted by molar-refractivity contribution is -0.116. The Morgan fingerprint density at radius 2 is 2.21 bits per heavy atom. The van der Waals surface area contributed by atoms with Crippen LogP contribution in [0.5, 0.6) is 0 Å². The van der Waals surface area contributed by atoms with Crippen molar-refractivity contribution in [3.05, 3.63) is 69.1 Å². The molecule has 0 spiro atoms. The highest BCUT2D eigenvalue weighted by Crippen LogP contribution is 2.41. The number of ketones is 1. The number of allylic oxidation sites excluding steroid dienone is 2. The number of thiophene rings is 1. The molecule has 0 bridgehead atoms. The minimum Gasteiger partial charge on any atom is -0.328 e. The van der Waals surface area contributed by atoms with E-state index >= 15 is 0 Å². The van der Waals surface area contributed by atoms with E-state index in [2.05, 4.69) is 48.0 Å². The van der Waals surface area contributed by atoms with Crippen LogP contribution in [0.2, 0.25) is 0 Å². The Morgan fingerprint density at radius 3 is 3.04 bits per heavy atom. The van der Waals surface area contributed by atoms with Crippen molar-refractivity contribution in [2.75, 3.05) is 5.32 Å². The number of Topliss-reactive ketones (excluding diaryl/α,β-unsaturated/α-hetero) is 1. The molecule has 1 N–H and O–H groups in total. The fourth-order valence-electron chi connectivity index (χ4n) is 3.86. The van der Waals surface area contributed by atoms with Crippen LogP contribution in [0.4, 0.5) is 5.95 Å². The van der Waals surface area contributed by atoms with Crippen LogP contribution < -0.4 is 5.32 Å². The van der Waals surface area contributed by atoms with E-state index in [1.165, 1.54) is 11.1 Å². The zero-order valence-electron chi connectivity index (χ0n) is 15.5. The molecule has 5 nitrogen and oxygen atoms in total. The van der Waals surface area contributed by atoms with Crippen molar-refractivity contribution in [1.82, 2.24) is 14.8 Å². The van der Waals surface area contributed by atoms with Gasteiger partial charge in [0.15, 0.2) is 5.78 Å². The molecule has 2 aromatic heterocycles. The van der Waals surface area contributed by atoms with Crippen LogP contribution in [0.25, 0.3) is 0 Å². The molecule has 1 atom stereocenters. The molecule has 1 aromatic carbocycles. The van der Waals surface area contributed by atoms with E-state index in [1.807, 2.05) is 10.7 Å². The monoisotopic (exact) mass is 408 g/mol. The summed E-state index contributed by atoms with van der Waals surface area (Å²) in [5.41, 5.74) is 4.39. The first-order valence-electron chi connectivity index (χ1n) is 9.40. The molecule has 3 heterocycles. The number of carbonyl (C=O) groups excluding carboxylic acids is 1. The maximum Gasteiger partial charge on any atom is 0.227 e. The highest BCUT2D eigenvalue weighted by Gasteiger charge is 2.37. The smallest absolute Gasteiger partial charge is 0.227 e. The van der Waals surface area contributed by atoms with Crippen molar-refractivity contribution in [2.45, 2.75) is 43.1 Å². The van der Waals surface area contributed by atoms with Crippen molar-refractivity contribution < 1.29 is 4.79 Å². The van der Waals surface area contributed by atoms with Gasteiger partial charge in [-0.25, -0.2) is 4.68 Å². The molecule has 3 aromatic rings. The number of rotatable bonds is 4. The number of benzene rings is 1. The average Bonchev–Trinajstić information content (AvgIpc) is 3.34. The van der Waals surface area contributed by atoms with E-state index in [4.69, 9.17) is 10.1 Å². The molecule has 1 aliphatic heterocycles. The highest BCUT2D eigenvalue weighted by atomic mass is 32.2. The number of aromatic nitrogens is 3. The SMILES string of the molecule is Cc1cccc(CSc2nc3n(n2)[C@H](c2cccs2)C2=C(CCCC2=O)N3)c1. The summed E-state index contributed by atoms with van der Waals surface area (Å²) < 4.78 is 1.90. The molecule has 2 aliphatic rings. The Balaban J connectivity index is 1.48. The highest BCUT2D eigenvalue weighted by molar-refractivity contribution is 7.98. The molecular formula is C21H20N4OS2. The number of hydrogen-bond donors (Lipinski definition) is 1. The van der Waals surface area contributed by atoms with Gasteiger partial charge in [-0.15, -0.1) is 16.4 Å². The second-order valence-corrected chi connectivity index (χ2v) is 9.07. The van der Waals surface area contributed by atoms with E-state index in [1.54, 1.807) is 23.1 Å². The molecule has 0 fully saturated rings. The van der Waals surface area contributed by atoms with Gasteiger partial charge < -0.3 is 5.32 Å². The van der Waals surface area contributed by atoms with E-state index in [-0.39, 0.29) is 11.8 Å². The molecule has 0 saturated carbocycles. The van der Waals surface area contributed by atoms with Crippen LogP contribution in [0.3, 0.4) is 0 Å². The maximum absolute atomic E-state index is 12.7. The Hall–Kier alpha value is -2.38. The number of anilines is 1. The minimum atomic E-state index is -0.167. The number of thioether (sulfide) groups is 1. The topological polar surface area (TPSA) is 59.8 Å². The van der Waals surface area contributed by atoms with Gasteiger partial charge in [0.1, 0.15) is 6.04 Å². The second-order valence-electron chi connectivity index (χ2n) is 7.15. The number of fused-ring (bicyclic) bond motifs is 1. The van der Waals surface area contributed by atoms with Gasteiger partial charge in [-0.3, -0.25) is 4.79 Å². The molecule has 142 valence electrons. The lowest BCUT2D eigenvalue weighted by atomic mass is 9.88. The first-order chi connectivity index (χ1) is 13.7. The van der Waals surface area contributed by atoms with Crippen LogP contribution in [0, 0.1) is 6.92 Å². The quantitative estimate of drug-likeness (QED) is 0.618. The van der Waals surface area contributed by atoms with E-state index in [0.717, 1.165) is 45.8 Å². The van der Waals surface area contributed by atoms with Crippen molar-refractivity contribution >= 4 is 34.8 Å². The summed E-state index contributed by atoms with van der Waals surface area (Å²) in [5.74, 6) is 1.78. The van der Waals surface area contributed by atoms with Gasteiger partial charge in [0.25, 0.3) is 0 Å².